The first-order valence-electron chi connectivity index (χ1n) is 6.85. The van der Waals surface area contributed by atoms with Crippen LogP contribution in [0.15, 0.2) is 42.6 Å². The predicted molar refractivity (Wildman–Crippen MR) is 81.4 cm³/mol. The summed E-state index contributed by atoms with van der Waals surface area (Å²) in [7, 11) is 0. The molecular weight excluding hydrogens is 329 g/mol. The fourth-order valence-electron chi connectivity index (χ4n) is 2.07. The normalized spacial score (nSPS) is 12.7. The van der Waals surface area contributed by atoms with Gasteiger partial charge in [0, 0.05) is 12.7 Å². The Kier molecular flexibility index (Phi) is 5.26. The smallest absolute Gasteiger partial charge is 0.351 e. The lowest BCUT2D eigenvalue weighted by molar-refractivity contribution is -0.137. The average molecular weight is 343 g/mol. The third kappa shape index (κ3) is 4.45. The molecule has 2 aromatic rings. The molecule has 0 fully saturated rings. The van der Waals surface area contributed by atoms with Gasteiger partial charge in [-0.3, -0.25) is 4.79 Å². The third-order valence-electron chi connectivity index (χ3n) is 3.37. The number of pyridine rings is 1. The lowest BCUT2D eigenvalue weighted by Gasteiger charge is -2.15. The Hall–Kier alpha value is -2.08. The first kappa shape index (κ1) is 17.3. The first-order chi connectivity index (χ1) is 10.8. The summed E-state index contributed by atoms with van der Waals surface area (Å²) < 4.78 is 38.7. The van der Waals surface area contributed by atoms with Crippen LogP contribution in [-0.2, 0) is 6.18 Å². The van der Waals surface area contributed by atoms with Crippen molar-refractivity contribution < 1.29 is 18.0 Å². The van der Waals surface area contributed by atoms with Crippen LogP contribution in [-0.4, -0.2) is 17.4 Å². The van der Waals surface area contributed by atoms with E-state index in [0.717, 1.165) is 17.7 Å². The first-order valence-corrected chi connectivity index (χ1v) is 7.22. The van der Waals surface area contributed by atoms with Crippen molar-refractivity contribution in [3.8, 4) is 0 Å². The van der Waals surface area contributed by atoms with Crippen LogP contribution < -0.4 is 5.32 Å². The van der Waals surface area contributed by atoms with Gasteiger partial charge < -0.3 is 5.32 Å². The number of hydrogen-bond donors (Lipinski definition) is 1. The van der Waals surface area contributed by atoms with Gasteiger partial charge in [0.25, 0.3) is 5.91 Å². The lowest BCUT2D eigenvalue weighted by atomic mass is 10.0. The lowest BCUT2D eigenvalue weighted by Crippen LogP contribution is -2.29. The van der Waals surface area contributed by atoms with E-state index in [4.69, 9.17) is 11.6 Å². The molecular formula is C16H14ClF3N2O. The number of benzene rings is 1. The Bertz CT molecular complexity index is 686. The van der Waals surface area contributed by atoms with Crippen molar-refractivity contribution in [3.05, 3.63) is 64.4 Å². The van der Waals surface area contributed by atoms with Crippen LogP contribution in [0, 0.1) is 0 Å². The second-order valence-electron chi connectivity index (χ2n) is 5.07. The maximum atomic E-state index is 12.9. The number of hydrogen-bond acceptors (Lipinski definition) is 2. The molecule has 2 rings (SSSR count). The molecule has 3 nitrogen and oxygen atoms in total. The summed E-state index contributed by atoms with van der Waals surface area (Å²) in [6.45, 7) is 2.02. The molecule has 1 heterocycles. The standard InChI is InChI=1S/C16H14ClF3N2O/c1-10(11-6-7-14(17)21-9-11)8-22-15(23)12-4-2-3-5-13(12)16(18,19)20/h2-7,9-10H,8H2,1H3,(H,22,23). The number of carbonyl (C=O) groups is 1. The monoisotopic (exact) mass is 342 g/mol. The molecule has 0 saturated carbocycles. The predicted octanol–water partition coefficient (Wildman–Crippen LogP) is 4.29. The minimum absolute atomic E-state index is 0.109. The van der Waals surface area contributed by atoms with E-state index in [-0.39, 0.29) is 18.0 Å². The van der Waals surface area contributed by atoms with E-state index in [9.17, 15) is 18.0 Å². The molecule has 0 aliphatic heterocycles. The summed E-state index contributed by atoms with van der Waals surface area (Å²) in [6, 6.07) is 8.08. The zero-order chi connectivity index (χ0) is 17.0. The zero-order valence-electron chi connectivity index (χ0n) is 12.2. The largest absolute Gasteiger partial charge is 0.417 e. The summed E-state index contributed by atoms with van der Waals surface area (Å²) in [4.78, 5) is 16.0. The quantitative estimate of drug-likeness (QED) is 0.842. The van der Waals surface area contributed by atoms with Crippen molar-refractivity contribution in [3.63, 3.8) is 0 Å². The number of rotatable bonds is 4. The van der Waals surface area contributed by atoms with Gasteiger partial charge in [0.2, 0.25) is 0 Å². The summed E-state index contributed by atoms with van der Waals surface area (Å²) >= 11 is 5.70. The van der Waals surface area contributed by atoms with Gasteiger partial charge in [-0.25, -0.2) is 4.98 Å². The minimum Gasteiger partial charge on any atom is -0.351 e. The number of carbonyl (C=O) groups excluding carboxylic acids is 1. The van der Waals surface area contributed by atoms with Gasteiger partial charge in [0.1, 0.15) is 5.15 Å². The highest BCUT2D eigenvalue weighted by Gasteiger charge is 2.34. The number of nitrogens with one attached hydrogen (secondary N) is 1. The van der Waals surface area contributed by atoms with Crippen molar-refractivity contribution in [1.29, 1.82) is 0 Å². The van der Waals surface area contributed by atoms with Gasteiger partial charge in [-0.1, -0.05) is 36.7 Å². The molecule has 1 atom stereocenters. The van der Waals surface area contributed by atoms with Crippen LogP contribution in [0.1, 0.15) is 34.3 Å². The van der Waals surface area contributed by atoms with Crippen LogP contribution in [0.3, 0.4) is 0 Å². The Morgan fingerprint density at radius 1 is 1.26 bits per heavy atom. The molecule has 23 heavy (non-hydrogen) atoms. The number of halogens is 4. The van der Waals surface area contributed by atoms with Gasteiger partial charge in [-0.2, -0.15) is 13.2 Å². The van der Waals surface area contributed by atoms with E-state index in [2.05, 4.69) is 10.3 Å². The Morgan fingerprint density at radius 2 is 1.96 bits per heavy atom. The molecule has 1 N–H and O–H groups in total. The molecule has 1 unspecified atom stereocenters. The SMILES string of the molecule is CC(CNC(=O)c1ccccc1C(F)(F)F)c1ccc(Cl)nc1. The van der Waals surface area contributed by atoms with E-state index in [1.807, 2.05) is 6.92 Å². The summed E-state index contributed by atoms with van der Waals surface area (Å²) in [5, 5.41) is 2.88. The highest BCUT2D eigenvalue weighted by atomic mass is 35.5. The second-order valence-corrected chi connectivity index (χ2v) is 5.46. The molecule has 0 spiro atoms. The van der Waals surface area contributed by atoms with Crippen molar-refractivity contribution in [2.75, 3.05) is 6.54 Å². The van der Waals surface area contributed by atoms with Gasteiger partial charge in [-0.05, 0) is 29.7 Å². The Labute approximate surface area is 136 Å². The Morgan fingerprint density at radius 3 is 2.57 bits per heavy atom. The molecule has 0 radical (unpaired) electrons. The molecule has 122 valence electrons. The Balaban J connectivity index is 2.07. The van der Waals surface area contributed by atoms with E-state index in [1.165, 1.54) is 12.1 Å². The molecule has 1 amide bonds. The second kappa shape index (κ2) is 7.00. The van der Waals surface area contributed by atoms with Gasteiger partial charge in [-0.15, -0.1) is 0 Å². The van der Waals surface area contributed by atoms with Crippen molar-refractivity contribution in [1.82, 2.24) is 10.3 Å². The number of alkyl halides is 3. The molecule has 0 bridgehead atoms. The maximum Gasteiger partial charge on any atom is 0.417 e. The summed E-state index contributed by atoms with van der Waals surface area (Å²) in [6.07, 6.45) is -3.00. The highest BCUT2D eigenvalue weighted by molar-refractivity contribution is 6.29. The third-order valence-corrected chi connectivity index (χ3v) is 3.59. The summed E-state index contributed by atoms with van der Waals surface area (Å²) in [5.41, 5.74) is -0.501. The van der Waals surface area contributed by atoms with Gasteiger partial charge in [0.05, 0.1) is 11.1 Å². The summed E-state index contributed by atoms with van der Waals surface area (Å²) in [5.74, 6) is -0.867. The average Bonchev–Trinajstić information content (AvgIpc) is 2.52. The number of amides is 1. The molecule has 0 aliphatic rings. The van der Waals surface area contributed by atoms with E-state index >= 15 is 0 Å². The van der Waals surface area contributed by atoms with Crippen molar-refractivity contribution in [2.24, 2.45) is 0 Å². The minimum atomic E-state index is -4.57. The van der Waals surface area contributed by atoms with Gasteiger partial charge in [0.15, 0.2) is 0 Å². The van der Waals surface area contributed by atoms with Crippen LogP contribution in [0.4, 0.5) is 13.2 Å². The molecule has 0 saturated heterocycles. The fourth-order valence-corrected chi connectivity index (χ4v) is 2.18. The maximum absolute atomic E-state index is 12.9. The van der Waals surface area contributed by atoms with Crippen molar-refractivity contribution in [2.45, 2.75) is 19.0 Å². The van der Waals surface area contributed by atoms with E-state index < -0.39 is 17.6 Å². The van der Waals surface area contributed by atoms with Crippen LogP contribution >= 0.6 is 11.6 Å². The molecule has 1 aromatic heterocycles. The fraction of sp³-hybridized carbons (Fsp3) is 0.250. The van der Waals surface area contributed by atoms with Crippen molar-refractivity contribution >= 4 is 17.5 Å². The topological polar surface area (TPSA) is 42.0 Å². The van der Waals surface area contributed by atoms with Crippen LogP contribution in [0.5, 0.6) is 0 Å². The molecule has 1 aromatic carbocycles. The van der Waals surface area contributed by atoms with E-state index in [1.54, 1.807) is 18.3 Å². The van der Waals surface area contributed by atoms with Crippen LogP contribution in [0.2, 0.25) is 5.15 Å². The highest BCUT2D eigenvalue weighted by Crippen LogP contribution is 2.31. The van der Waals surface area contributed by atoms with Gasteiger partial charge >= 0.3 is 6.18 Å². The van der Waals surface area contributed by atoms with Crippen LogP contribution in [0.25, 0.3) is 0 Å². The number of nitrogens with zero attached hydrogens (tertiary/aromatic N) is 1. The van der Waals surface area contributed by atoms with E-state index in [0.29, 0.717) is 5.15 Å². The molecule has 0 aliphatic carbocycles. The molecule has 7 heteroatoms. The number of aromatic nitrogens is 1. The zero-order valence-corrected chi connectivity index (χ0v) is 12.9.